The first kappa shape index (κ1) is 18.3. The third-order valence-electron chi connectivity index (χ3n) is 3.74. The molecule has 0 amide bonds. The van der Waals surface area contributed by atoms with Crippen molar-refractivity contribution >= 4 is 11.5 Å². The summed E-state index contributed by atoms with van der Waals surface area (Å²) >= 11 is 0. The number of aromatic nitrogens is 1. The normalized spacial score (nSPS) is 11.0. The lowest BCUT2D eigenvalue weighted by atomic mass is 10.0. The lowest BCUT2D eigenvalue weighted by Crippen LogP contribution is -1.98. The van der Waals surface area contributed by atoms with Gasteiger partial charge in [-0.3, -0.25) is 4.98 Å². The second-order valence-electron chi connectivity index (χ2n) is 5.19. The molecule has 0 N–H and O–H groups in total. The van der Waals surface area contributed by atoms with Gasteiger partial charge in [-0.25, -0.2) is 4.79 Å². The van der Waals surface area contributed by atoms with Crippen LogP contribution in [0.3, 0.4) is 0 Å². The molecular formula is C19H21NO5. The summed E-state index contributed by atoms with van der Waals surface area (Å²) in [4.78, 5) is 15.7. The van der Waals surface area contributed by atoms with Crippen molar-refractivity contribution in [3.63, 3.8) is 0 Å². The number of allylic oxidation sites excluding steroid dienone is 1. The molecule has 0 atom stereocenters. The third-order valence-corrected chi connectivity index (χ3v) is 3.74. The Labute approximate surface area is 147 Å². The number of hydrogen-bond donors (Lipinski definition) is 0. The number of benzene rings is 1. The number of rotatable bonds is 6. The Balaban J connectivity index is 2.55. The number of esters is 1. The Hall–Kier alpha value is -3.02. The third kappa shape index (κ3) is 3.91. The molecule has 0 saturated heterocycles. The number of carbonyl (C=O) groups excluding carboxylic acids is 1. The van der Waals surface area contributed by atoms with Crippen molar-refractivity contribution in [2.45, 2.75) is 6.92 Å². The molecule has 0 aliphatic carbocycles. The van der Waals surface area contributed by atoms with Crippen LogP contribution in [0.1, 0.15) is 12.5 Å². The van der Waals surface area contributed by atoms with Crippen LogP contribution in [-0.2, 0) is 9.53 Å². The van der Waals surface area contributed by atoms with Gasteiger partial charge in [-0.05, 0) is 36.3 Å². The molecule has 2 rings (SSSR count). The van der Waals surface area contributed by atoms with Crippen molar-refractivity contribution in [3.8, 4) is 28.4 Å². The Bertz CT molecular complexity index is 798. The molecule has 0 aliphatic rings. The van der Waals surface area contributed by atoms with Crippen LogP contribution in [0.4, 0.5) is 0 Å². The predicted molar refractivity (Wildman–Crippen MR) is 95.0 cm³/mol. The second-order valence-corrected chi connectivity index (χ2v) is 5.19. The Morgan fingerprint density at radius 3 is 2.32 bits per heavy atom. The molecule has 0 bridgehead atoms. The fraction of sp³-hybridized carbons (Fsp3) is 0.263. The van der Waals surface area contributed by atoms with Crippen LogP contribution >= 0.6 is 0 Å². The molecule has 0 fully saturated rings. The monoisotopic (exact) mass is 343 g/mol. The van der Waals surface area contributed by atoms with Crippen molar-refractivity contribution < 1.29 is 23.7 Å². The van der Waals surface area contributed by atoms with Gasteiger partial charge in [0.15, 0.2) is 11.5 Å². The molecule has 25 heavy (non-hydrogen) atoms. The van der Waals surface area contributed by atoms with Gasteiger partial charge in [0.25, 0.3) is 0 Å². The Morgan fingerprint density at radius 1 is 1.00 bits per heavy atom. The van der Waals surface area contributed by atoms with Crippen LogP contribution in [0.5, 0.6) is 17.2 Å². The van der Waals surface area contributed by atoms with E-state index in [0.717, 1.165) is 22.3 Å². The maximum absolute atomic E-state index is 11.4. The highest BCUT2D eigenvalue weighted by Gasteiger charge is 2.17. The van der Waals surface area contributed by atoms with Crippen LogP contribution in [0.25, 0.3) is 16.7 Å². The van der Waals surface area contributed by atoms with Crippen molar-refractivity contribution in [2.24, 2.45) is 0 Å². The lowest BCUT2D eigenvalue weighted by Gasteiger charge is -2.16. The van der Waals surface area contributed by atoms with E-state index in [4.69, 9.17) is 14.2 Å². The summed E-state index contributed by atoms with van der Waals surface area (Å²) in [5.41, 5.74) is 3.19. The molecule has 132 valence electrons. The first-order chi connectivity index (χ1) is 12.0. The quantitative estimate of drug-likeness (QED) is 0.592. The van der Waals surface area contributed by atoms with Crippen molar-refractivity contribution in [1.82, 2.24) is 4.98 Å². The Kier molecular flexibility index (Phi) is 6.00. The minimum absolute atomic E-state index is 0.411. The molecule has 2 aromatic rings. The molecule has 6 nitrogen and oxygen atoms in total. The summed E-state index contributed by atoms with van der Waals surface area (Å²) in [5.74, 6) is 1.23. The van der Waals surface area contributed by atoms with E-state index >= 15 is 0 Å². The van der Waals surface area contributed by atoms with E-state index in [0.29, 0.717) is 17.2 Å². The average Bonchev–Trinajstić information content (AvgIpc) is 2.66. The number of carbonyl (C=O) groups is 1. The minimum atomic E-state index is -0.411. The molecular weight excluding hydrogens is 322 g/mol. The van der Waals surface area contributed by atoms with Crippen molar-refractivity contribution in [1.29, 1.82) is 0 Å². The first-order valence-corrected chi connectivity index (χ1v) is 7.56. The molecule has 1 aromatic carbocycles. The van der Waals surface area contributed by atoms with E-state index in [1.807, 2.05) is 19.1 Å². The SMILES string of the molecule is COC(=O)/C=C(\C)c1cncc(-c2ccc(OC)c(OC)c2OC)c1. The molecule has 1 heterocycles. The van der Waals surface area contributed by atoms with Gasteiger partial charge in [0, 0.05) is 29.6 Å². The average molecular weight is 343 g/mol. The van der Waals surface area contributed by atoms with Crippen LogP contribution in [0, 0.1) is 0 Å². The molecule has 0 aliphatic heterocycles. The van der Waals surface area contributed by atoms with E-state index < -0.39 is 5.97 Å². The van der Waals surface area contributed by atoms with Gasteiger partial charge in [-0.1, -0.05) is 0 Å². The Morgan fingerprint density at radius 2 is 1.72 bits per heavy atom. The fourth-order valence-electron chi connectivity index (χ4n) is 2.45. The highest BCUT2D eigenvalue weighted by atomic mass is 16.5. The second kappa shape index (κ2) is 8.19. The zero-order valence-corrected chi connectivity index (χ0v) is 15.0. The van der Waals surface area contributed by atoms with Crippen LogP contribution in [0.15, 0.2) is 36.7 Å². The molecule has 0 saturated carbocycles. The first-order valence-electron chi connectivity index (χ1n) is 7.56. The van der Waals surface area contributed by atoms with Gasteiger partial charge in [0.05, 0.1) is 28.4 Å². The minimum Gasteiger partial charge on any atom is -0.493 e. The maximum atomic E-state index is 11.4. The highest BCUT2D eigenvalue weighted by Crippen LogP contribution is 2.44. The van der Waals surface area contributed by atoms with Gasteiger partial charge in [0.1, 0.15) is 0 Å². The molecule has 1 aromatic heterocycles. The van der Waals surface area contributed by atoms with Gasteiger partial charge in [-0.15, -0.1) is 0 Å². The number of ether oxygens (including phenoxy) is 4. The number of hydrogen-bond acceptors (Lipinski definition) is 6. The predicted octanol–water partition coefficient (Wildman–Crippen LogP) is 3.35. The number of nitrogens with zero attached hydrogens (tertiary/aromatic N) is 1. The molecule has 0 unspecified atom stereocenters. The fourth-order valence-corrected chi connectivity index (χ4v) is 2.45. The van der Waals surface area contributed by atoms with E-state index in [1.54, 1.807) is 39.8 Å². The van der Waals surface area contributed by atoms with Gasteiger partial charge < -0.3 is 18.9 Å². The largest absolute Gasteiger partial charge is 0.493 e. The summed E-state index contributed by atoms with van der Waals surface area (Å²) in [5, 5.41) is 0. The van der Waals surface area contributed by atoms with E-state index in [9.17, 15) is 4.79 Å². The van der Waals surface area contributed by atoms with Crippen LogP contribution in [-0.4, -0.2) is 39.4 Å². The van der Waals surface area contributed by atoms with E-state index in [2.05, 4.69) is 9.72 Å². The van der Waals surface area contributed by atoms with E-state index in [-0.39, 0.29) is 0 Å². The summed E-state index contributed by atoms with van der Waals surface area (Å²) in [6.45, 7) is 1.82. The van der Waals surface area contributed by atoms with Crippen LogP contribution in [0.2, 0.25) is 0 Å². The molecule has 0 spiro atoms. The van der Waals surface area contributed by atoms with Gasteiger partial charge >= 0.3 is 5.97 Å². The lowest BCUT2D eigenvalue weighted by molar-refractivity contribution is -0.134. The zero-order valence-electron chi connectivity index (χ0n) is 15.0. The van der Waals surface area contributed by atoms with E-state index in [1.165, 1.54) is 13.2 Å². The highest BCUT2D eigenvalue weighted by molar-refractivity contribution is 5.91. The van der Waals surface area contributed by atoms with Gasteiger partial charge in [0.2, 0.25) is 5.75 Å². The number of pyridine rings is 1. The smallest absolute Gasteiger partial charge is 0.330 e. The number of methoxy groups -OCH3 is 4. The standard InChI is InChI=1S/C19H21NO5/c1-12(8-17(21)23-3)13-9-14(11-20-10-13)15-6-7-16(22-2)19(25-5)18(15)24-4/h6-11H,1-5H3/b12-8+. The van der Waals surface area contributed by atoms with Crippen molar-refractivity contribution in [3.05, 3.63) is 42.2 Å². The molecule has 6 heteroatoms. The summed E-state index contributed by atoms with van der Waals surface area (Å²) in [6.07, 6.45) is 4.83. The summed E-state index contributed by atoms with van der Waals surface area (Å²) in [6, 6.07) is 5.60. The summed E-state index contributed by atoms with van der Waals surface area (Å²) < 4.78 is 20.9. The summed E-state index contributed by atoms with van der Waals surface area (Å²) in [7, 11) is 6.04. The zero-order chi connectivity index (χ0) is 18.4. The topological polar surface area (TPSA) is 66.9 Å². The maximum Gasteiger partial charge on any atom is 0.330 e. The van der Waals surface area contributed by atoms with Crippen LogP contribution < -0.4 is 14.2 Å². The van der Waals surface area contributed by atoms with Gasteiger partial charge in [-0.2, -0.15) is 0 Å². The van der Waals surface area contributed by atoms with Crippen molar-refractivity contribution in [2.75, 3.05) is 28.4 Å². The molecule has 0 radical (unpaired) electrons.